The number of ether oxygens (including phenoxy) is 1. The zero-order valence-electron chi connectivity index (χ0n) is 9.68. The normalized spacial score (nSPS) is 12.5. The number of hydrogen-bond acceptors (Lipinski definition) is 3. The molecule has 16 heavy (non-hydrogen) atoms. The zero-order valence-corrected chi connectivity index (χ0v) is 10.5. The predicted octanol–water partition coefficient (Wildman–Crippen LogP) is 3.20. The summed E-state index contributed by atoms with van der Waals surface area (Å²) in [7, 11) is 1.62. The van der Waals surface area contributed by atoms with E-state index in [0.717, 1.165) is 11.5 Å². The number of allylic oxidation sites excluding steroid dienone is 4. The number of carbonyl (C=O) groups is 1. The van der Waals surface area contributed by atoms with Crippen molar-refractivity contribution < 1.29 is 14.6 Å². The first-order valence-electron chi connectivity index (χ1n) is 5.07. The molecule has 1 N–H and O–H groups in total. The highest BCUT2D eigenvalue weighted by Crippen LogP contribution is 2.07. The number of carboxylic acid groups (broad SMARTS) is 1. The van der Waals surface area contributed by atoms with Crippen molar-refractivity contribution in [2.45, 2.75) is 19.8 Å². The van der Waals surface area contributed by atoms with Crippen molar-refractivity contribution in [1.82, 2.24) is 0 Å². The van der Waals surface area contributed by atoms with Crippen LogP contribution in [-0.2, 0) is 9.53 Å². The molecule has 0 fully saturated rings. The molecule has 0 aromatic carbocycles. The molecule has 0 aliphatic carbocycles. The molecule has 0 aliphatic rings. The first-order chi connectivity index (χ1) is 7.70. The minimum Gasteiger partial charge on any atom is -0.497 e. The maximum atomic E-state index is 10.2. The SMILES string of the molecule is C\C=C/C(=C\C=C\SCCCC(=O)O)OC. The minimum absolute atomic E-state index is 0.235. The van der Waals surface area contributed by atoms with Crippen LogP contribution >= 0.6 is 11.8 Å². The lowest BCUT2D eigenvalue weighted by atomic mass is 10.3. The van der Waals surface area contributed by atoms with E-state index < -0.39 is 5.97 Å². The van der Waals surface area contributed by atoms with Gasteiger partial charge in [-0.25, -0.2) is 0 Å². The summed E-state index contributed by atoms with van der Waals surface area (Å²) in [5, 5.41) is 10.4. The molecule has 0 bridgehead atoms. The monoisotopic (exact) mass is 242 g/mol. The van der Waals surface area contributed by atoms with E-state index >= 15 is 0 Å². The molecule has 0 heterocycles. The summed E-state index contributed by atoms with van der Waals surface area (Å²) < 4.78 is 5.09. The van der Waals surface area contributed by atoms with Gasteiger partial charge in [-0.05, 0) is 36.7 Å². The highest BCUT2D eigenvalue weighted by molar-refractivity contribution is 8.02. The van der Waals surface area contributed by atoms with Crippen LogP contribution in [0.4, 0.5) is 0 Å². The molecule has 0 saturated carbocycles. The highest BCUT2D eigenvalue weighted by Gasteiger charge is 1.94. The maximum Gasteiger partial charge on any atom is 0.303 e. The minimum atomic E-state index is -0.737. The number of carboxylic acids is 1. The van der Waals surface area contributed by atoms with Crippen molar-refractivity contribution in [1.29, 1.82) is 0 Å². The summed E-state index contributed by atoms with van der Waals surface area (Å²) in [6.45, 7) is 1.93. The van der Waals surface area contributed by atoms with Gasteiger partial charge in [-0.2, -0.15) is 0 Å². The summed E-state index contributed by atoms with van der Waals surface area (Å²) in [4.78, 5) is 10.2. The van der Waals surface area contributed by atoms with Crippen LogP contribution in [0.1, 0.15) is 19.8 Å². The summed E-state index contributed by atoms with van der Waals surface area (Å²) in [6.07, 6.45) is 8.47. The van der Waals surface area contributed by atoms with E-state index in [1.54, 1.807) is 18.9 Å². The summed E-state index contributed by atoms with van der Waals surface area (Å²) in [5.41, 5.74) is 0. The second kappa shape index (κ2) is 10.4. The van der Waals surface area contributed by atoms with E-state index in [0.29, 0.717) is 6.42 Å². The van der Waals surface area contributed by atoms with Crippen molar-refractivity contribution >= 4 is 17.7 Å². The van der Waals surface area contributed by atoms with Gasteiger partial charge in [-0.15, -0.1) is 11.8 Å². The molecule has 0 spiro atoms. The summed E-state index contributed by atoms with van der Waals surface area (Å²) >= 11 is 1.60. The molecule has 0 aromatic heterocycles. The van der Waals surface area contributed by atoms with E-state index in [4.69, 9.17) is 9.84 Å². The lowest BCUT2D eigenvalue weighted by molar-refractivity contribution is -0.137. The zero-order chi connectivity index (χ0) is 12.2. The fourth-order valence-electron chi connectivity index (χ4n) is 0.920. The largest absolute Gasteiger partial charge is 0.497 e. The van der Waals surface area contributed by atoms with E-state index in [1.807, 2.05) is 36.6 Å². The Balaban J connectivity index is 3.71. The molecular formula is C12H18O3S. The van der Waals surface area contributed by atoms with Crippen molar-refractivity contribution in [2.24, 2.45) is 0 Å². The molecule has 90 valence electrons. The highest BCUT2D eigenvalue weighted by atomic mass is 32.2. The smallest absolute Gasteiger partial charge is 0.303 e. The Morgan fingerprint density at radius 1 is 1.50 bits per heavy atom. The van der Waals surface area contributed by atoms with Crippen molar-refractivity contribution in [2.75, 3.05) is 12.9 Å². The van der Waals surface area contributed by atoms with Gasteiger partial charge in [0.2, 0.25) is 0 Å². The Bertz CT molecular complexity index is 280. The standard InChI is InChI=1S/C12H18O3S/c1-3-6-11(15-2)7-4-9-16-10-5-8-12(13)14/h3-4,6-7,9H,5,8,10H2,1-2H3,(H,13,14)/b6-3-,9-4+,11-7+. The quantitative estimate of drug-likeness (QED) is 0.403. The molecule has 0 aliphatic heterocycles. The fraction of sp³-hybridized carbons (Fsp3) is 0.417. The second-order valence-corrected chi connectivity index (χ2v) is 3.98. The Kier molecular flexibility index (Phi) is 9.61. The Hall–Kier alpha value is -1.16. The second-order valence-electron chi connectivity index (χ2n) is 2.97. The van der Waals surface area contributed by atoms with Gasteiger partial charge in [-0.3, -0.25) is 4.79 Å². The number of methoxy groups -OCH3 is 1. The average Bonchev–Trinajstić information content (AvgIpc) is 2.26. The van der Waals surface area contributed by atoms with E-state index in [9.17, 15) is 4.79 Å². The molecule has 0 aromatic rings. The number of aliphatic carboxylic acids is 1. The van der Waals surface area contributed by atoms with E-state index in [1.165, 1.54) is 0 Å². The van der Waals surface area contributed by atoms with E-state index in [-0.39, 0.29) is 6.42 Å². The lowest BCUT2D eigenvalue weighted by Gasteiger charge is -1.96. The Morgan fingerprint density at radius 3 is 2.81 bits per heavy atom. The van der Waals surface area contributed by atoms with Crippen LogP contribution < -0.4 is 0 Å². The van der Waals surface area contributed by atoms with Crippen LogP contribution in [-0.4, -0.2) is 23.9 Å². The third-order valence-electron chi connectivity index (χ3n) is 1.65. The molecule has 0 unspecified atom stereocenters. The van der Waals surface area contributed by atoms with Crippen LogP contribution in [0.5, 0.6) is 0 Å². The van der Waals surface area contributed by atoms with Gasteiger partial charge >= 0.3 is 5.97 Å². The third kappa shape index (κ3) is 9.40. The van der Waals surface area contributed by atoms with Gasteiger partial charge in [0.1, 0.15) is 5.76 Å². The van der Waals surface area contributed by atoms with Gasteiger partial charge in [0, 0.05) is 6.42 Å². The fourth-order valence-corrected chi connectivity index (χ4v) is 1.56. The number of thioether (sulfide) groups is 1. The van der Waals surface area contributed by atoms with Crippen molar-refractivity contribution in [3.63, 3.8) is 0 Å². The number of rotatable bonds is 8. The van der Waals surface area contributed by atoms with Gasteiger partial charge in [0.25, 0.3) is 0 Å². The van der Waals surface area contributed by atoms with E-state index in [2.05, 4.69) is 0 Å². The van der Waals surface area contributed by atoms with Crippen LogP contribution in [0.15, 0.2) is 35.5 Å². The first-order valence-corrected chi connectivity index (χ1v) is 6.12. The van der Waals surface area contributed by atoms with Crippen molar-refractivity contribution in [3.05, 3.63) is 35.5 Å². The molecule has 0 radical (unpaired) electrons. The van der Waals surface area contributed by atoms with Gasteiger partial charge < -0.3 is 9.84 Å². The summed E-state index contributed by atoms with van der Waals surface area (Å²) in [5.74, 6) is 0.881. The molecule has 0 atom stereocenters. The third-order valence-corrected chi connectivity index (χ3v) is 2.53. The van der Waals surface area contributed by atoms with Crippen LogP contribution in [0, 0.1) is 0 Å². The average molecular weight is 242 g/mol. The van der Waals surface area contributed by atoms with Crippen molar-refractivity contribution in [3.8, 4) is 0 Å². The van der Waals surface area contributed by atoms with Gasteiger partial charge in [0.15, 0.2) is 0 Å². The molecule has 0 amide bonds. The predicted molar refractivity (Wildman–Crippen MR) is 68.4 cm³/mol. The Labute approximate surface area is 101 Å². The van der Waals surface area contributed by atoms with Crippen LogP contribution in [0.25, 0.3) is 0 Å². The van der Waals surface area contributed by atoms with Crippen LogP contribution in [0.3, 0.4) is 0 Å². The maximum absolute atomic E-state index is 10.2. The molecular weight excluding hydrogens is 224 g/mol. The van der Waals surface area contributed by atoms with Gasteiger partial charge in [-0.1, -0.05) is 12.2 Å². The number of hydrogen-bond donors (Lipinski definition) is 1. The first kappa shape index (κ1) is 14.8. The molecule has 0 rings (SSSR count). The topological polar surface area (TPSA) is 46.5 Å². The Morgan fingerprint density at radius 2 is 2.25 bits per heavy atom. The summed E-state index contributed by atoms with van der Waals surface area (Å²) in [6, 6.07) is 0. The molecule has 0 saturated heterocycles. The molecule has 4 heteroatoms. The van der Waals surface area contributed by atoms with Crippen LogP contribution in [0.2, 0.25) is 0 Å². The molecule has 3 nitrogen and oxygen atoms in total. The lowest BCUT2D eigenvalue weighted by Crippen LogP contribution is -1.94. The van der Waals surface area contributed by atoms with Gasteiger partial charge in [0.05, 0.1) is 7.11 Å².